The van der Waals surface area contributed by atoms with Crippen molar-refractivity contribution in [1.29, 1.82) is 0 Å². The summed E-state index contributed by atoms with van der Waals surface area (Å²) in [7, 11) is -3.83. The minimum atomic E-state index is -3.83. The summed E-state index contributed by atoms with van der Waals surface area (Å²) in [5.41, 5.74) is 0.621. The third-order valence-corrected chi connectivity index (χ3v) is 4.69. The largest absolute Gasteiger partial charge is 0.508 e. The van der Waals surface area contributed by atoms with Crippen molar-refractivity contribution in [3.05, 3.63) is 42.5 Å². The molecule has 2 aromatic carbocycles. The van der Waals surface area contributed by atoms with E-state index in [0.29, 0.717) is 17.1 Å². The maximum absolute atomic E-state index is 12.4. The maximum Gasteiger partial charge on any atom is 0.265 e. The molecule has 0 spiro atoms. The summed E-state index contributed by atoms with van der Waals surface area (Å²) in [6.45, 7) is 1.61. The number of rotatable bonds is 3. The van der Waals surface area contributed by atoms with Crippen molar-refractivity contribution in [2.24, 2.45) is 0 Å². The molecule has 23 heavy (non-hydrogen) atoms. The first kappa shape index (κ1) is 15.2. The van der Waals surface area contributed by atoms with Crippen molar-refractivity contribution in [1.82, 2.24) is 0 Å². The molecule has 0 aromatic heterocycles. The number of amides is 1. The van der Waals surface area contributed by atoms with Gasteiger partial charge < -0.3 is 15.2 Å². The highest BCUT2D eigenvalue weighted by Crippen LogP contribution is 2.32. The SMILES string of the molecule is CC1Oc2ccc(S(=O)(=O)Nc3ccc(O)cc3)cc2NC1=O. The lowest BCUT2D eigenvalue weighted by molar-refractivity contribution is -0.122. The lowest BCUT2D eigenvalue weighted by Gasteiger charge is -2.23. The highest BCUT2D eigenvalue weighted by molar-refractivity contribution is 7.92. The summed E-state index contributed by atoms with van der Waals surface area (Å²) in [4.78, 5) is 11.6. The van der Waals surface area contributed by atoms with Gasteiger partial charge in [-0.05, 0) is 49.4 Å². The number of fused-ring (bicyclic) bond motifs is 1. The second-order valence-electron chi connectivity index (χ2n) is 5.06. The zero-order valence-corrected chi connectivity index (χ0v) is 12.9. The summed E-state index contributed by atoms with van der Waals surface area (Å²) < 4.78 is 32.6. The van der Waals surface area contributed by atoms with Crippen LogP contribution in [0.3, 0.4) is 0 Å². The number of anilines is 2. The van der Waals surface area contributed by atoms with Gasteiger partial charge in [0.25, 0.3) is 15.9 Å². The van der Waals surface area contributed by atoms with E-state index >= 15 is 0 Å². The molecule has 0 bridgehead atoms. The summed E-state index contributed by atoms with van der Waals surface area (Å²) in [5.74, 6) is 0.120. The van der Waals surface area contributed by atoms with E-state index in [1.807, 2.05) is 0 Å². The Hall–Kier alpha value is -2.74. The minimum Gasteiger partial charge on any atom is -0.508 e. The van der Waals surface area contributed by atoms with Gasteiger partial charge in [0.2, 0.25) is 0 Å². The van der Waals surface area contributed by atoms with Crippen LogP contribution in [-0.4, -0.2) is 25.5 Å². The van der Waals surface area contributed by atoms with Crippen LogP contribution in [0.4, 0.5) is 11.4 Å². The van der Waals surface area contributed by atoms with Gasteiger partial charge in [-0.1, -0.05) is 0 Å². The first-order valence-corrected chi connectivity index (χ1v) is 8.27. The smallest absolute Gasteiger partial charge is 0.265 e. The van der Waals surface area contributed by atoms with Crippen molar-refractivity contribution in [3.8, 4) is 11.5 Å². The van der Waals surface area contributed by atoms with Crippen LogP contribution in [0.25, 0.3) is 0 Å². The number of nitrogens with one attached hydrogen (secondary N) is 2. The first-order chi connectivity index (χ1) is 10.8. The topological polar surface area (TPSA) is 105 Å². The fourth-order valence-corrected chi connectivity index (χ4v) is 3.18. The molecule has 8 heteroatoms. The molecule has 3 rings (SSSR count). The molecule has 1 aliphatic rings. The number of benzene rings is 2. The van der Waals surface area contributed by atoms with Crippen LogP contribution in [0.1, 0.15) is 6.92 Å². The molecule has 7 nitrogen and oxygen atoms in total. The fourth-order valence-electron chi connectivity index (χ4n) is 2.10. The molecule has 1 unspecified atom stereocenters. The van der Waals surface area contributed by atoms with E-state index in [1.165, 1.54) is 42.5 Å². The standard InChI is InChI=1S/C15H14N2O5S/c1-9-15(19)16-13-8-12(6-7-14(13)22-9)23(20,21)17-10-2-4-11(18)5-3-10/h2-9,17-18H,1H3,(H,16,19). The van der Waals surface area contributed by atoms with Gasteiger partial charge in [-0.3, -0.25) is 9.52 Å². The van der Waals surface area contributed by atoms with Gasteiger partial charge in [-0.15, -0.1) is 0 Å². The molecule has 1 atom stereocenters. The zero-order chi connectivity index (χ0) is 16.6. The van der Waals surface area contributed by atoms with Crippen molar-refractivity contribution < 1.29 is 23.1 Å². The molecule has 120 valence electrons. The van der Waals surface area contributed by atoms with E-state index in [2.05, 4.69) is 10.0 Å². The highest BCUT2D eigenvalue weighted by atomic mass is 32.2. The minimum absolute atomic E-state index is 0.0113. The average Bonchev–Trinajstić information content (AvgIpc) is 2.50. The van der Waals surface area contributed by atoms with Gasteiger partial charge >= 0.3 is 0 Å². The first-order valence-electron chi connectivity index (χ1n) is 6.78. The second kappa shape index (κ2) is 5.47. The number of hydrogen-bond donors (Lipinski definition) is 3. The zero-order valence-electron chi connectivity index (χ0n) is 12.1. The van der Waals surface area contributed by atoms with E-state index in [9.17, 15) is 18.3 Å². The molecular formula is C15H14N2O5S. The molecule has 3 N–H and O–H groups in total. The van der Waals surface area contributed by atoms with Crippen molar-refractivity contribution in [2.45, 2.75) is 17.9 Å². The van der Waals surface area contributed by atoms with Gasteiger partial charge in [0, 0.05) is 5.69 Å². The molecule has 2 aromatic rings. The lowest BCUT2D eigenvalue weighted by Crippen LogP contribution is -2.34. The molecule has 0 saturated carbocycles. The molecule has 1 aliphatic heterocycles. The summed E-state index contributed by atoms with van der Waals surface area (Å²) >= 11 is 0. The van der Waals surface area contributed by atoms with Crippen LogP contribution in [0.15, 0.2) is 47.4 Å². The van der Waals surface area contributed by atoms with Gasteiger partial charge in [0.05, 0.1) is 10.6 Å². The predicted molar refractivity (Wildman–Crippen MR) is 84.1 cm³/mol. The van der Waals surface area contributed by atoms with Crippen LogP contribution in [0.2, 0.25) is 0 Å². The average molecular weight is 334 g/mol. The molecule has 1 amide bonds. The van der Waals surface area contributed by atoms with Crippen LogP contribution in [0, 0.1) is 0 Å². The third kappa shape index (κ3) is 3.07. The van der Waals surface area contributed by atoms with E-state index in [0.717, 1.165) is 0 Å². The Morgan fingerprint density at radius 1 is 1.17 bits per heavy atom. The fraction of sp³-hybridized carbons (Fsp3) is 0.133. The molecule has 0 radical (unpaired) electrons. The van der Waals surface area contributed by atoms with E-state index in [1.54, 1.807) is 6.92 Å². The van der Waals surface area contributed by atoms with Crippen molar-refractivity contribution >= 4 is 27.3 Å². The van der Waals surface area contributed by atoms with Crippen LogP contribution < -0.4 is 14.8 Å². The number of phenolic OH excluding ortho intramolecular Hbond substituents is 1. The summed E-state index contributed by atoms with van der Waals surface area (Å²) in [6, 6.07) is 9.86. The molecule has 0 fully saturated rings. The van der Waals surface area contributed by atoms with Crippen LogP contribution in [-0.2, 0) is 14.8 Å². The Labute approximate surface area is 133 Å². The Kier molecular flexibility index (Phi) is 3.61. The van der Waals surface area contributed by atoms with Crippen LogP contribution in [0.5, 0.6) is 11.5 Å². The Morgan fingerprint density at radius 2 is 1.87 bits per heavy atom. The number of carbonyl (C=O) groups excluding carboxylic acids is 1. The molecule has 0 saturated heterocycles. The predicted octanol–water partition coefficient (Wildman–Crippen LogP) is 1.91. The molecular weight excluding hydrogens is 320 g/mol. The van der Waals surface area contributed by atoms with Gasteiger partial charge in [0.1, 0.15) is 11.5 Å². The van der Waals surface area contributed by atoms with E-state index in [4.69, 9.17) is 4.74 Å². The molecule has 1 heterocycles. The Morgan fingerprint density at radius 3 is 2.57 bits per heavy atom. The number of ether oxygens (including phenoxy) is 1. The number of sulfonamides is 1. The second-order valence-corrected chi connectivity index (χ2v) is 6.74. The normalized spacial score (nSPS) is 16.9. The summed E-state index contributed by atoms with van der Waals surface area (Å²) in [6.07, 6.45) is -0.625. The number of carbonyl (C=O) groups is 1. The number of phenols is 1. The van der Waals surface area contributed by atoms with Gasteiger partial charge in [-0.2, -0.15) is 0 Å². The number of aromatic hydroxyl groups is 1. The lowest BCUT2D eigenvalue weighted by atomic mass is 10.2. The Balaban J connectivity index is 1.90. The number of hydrogen-bond acceptors (Lipinski definition) is 5. The van der Waals surface area contributed by atoms with Crippen molar-refractivity contribution in [3.63, 3.8) is 0 Å². The highest BCUT2D eigenvalue weighted by Gasteiger charge is 2.25. The van der Waals surface area contributed by atoms with Crippen molar-refractivity contribution in [2.75, 3.05) is 10.0 Å². The third-order valence-electron chi connectivity index (χ3n) is 3.31. The van der Waals surface area contributed by atoms with Crippen LogP contribution >= 0.6 is 0 Å². The monoisotopic (exact) mass is 334 g/mol. The summed E-state index contributed by atoms with van der Waals surface area (Å²) in [5, 5.41) is 11.8. The maximum atomic E-state index is 12.4. The van der Waals surface area contributed by atoms with Gasteiger partial charge in [-0.25, -0.2) is 8.42 Å². The van der Waals surface area contributed by atoms with E-state index in [-0.39, 0.29) is 16.6 Å². The quantitative estimate of drug-likeness (QED) is 0.744. The Bertz CT molecular complexity index is 862. The van der Waals surface area contributed by atoms with Gasteiger partial charge in [0.15, 0.2) is 6.10 Å². The van der Waals surface area contributed by atoms with E-state index < -0.39 is 16.1 Å². The molecule has 0 aliphatic carbocycles.